The molecule has 5 rings (SSSR count). The fourth-order valence-electron chi connectivity index (χ4n) is 3.78. The summed E-state index contributed by atoms with van der Waals surface area (Å²) < 4.78 is 3.18. The summed E-state index contributed by atoms with van der Waals surface area (Å²) in [7, 11) is 0. The van der Waals surface area contributed by atoms with Crippen LogP contribution in [0, 0.1) is 5.92 Å². The quantitative estimate of drug-likeness (QED) is 0.376. The number of benzene rings is 1. The van der Waals surface area contributed by atoms with E-state index < -0.39 is 0 Å². The van der Waals surface area contributed by atoms with Crippen molar-refractivity contribution in [1.29, 1.82) is 0 Å². The maximum absolute atomic E-state index is 13.5. The van der Waals surface area contributed by atoms with Gasteiger partial charge < -0.3 is 0 Å². The van der Waals surface area contributed by atoms with Crippen molar-refractivity contribution in [3.8, 4) is 11.4 Å². The Hall–Kier alpha value is -3.03. The summed E-state index contributed by atoms with van der Waals surface area (Å²) in [5, 5.41) is 8.33. The molecule has 0 spiro atoms. The molecule has 0 aliphatic heterocycles. The first-order valence-electron chi connectivity index (χ1n) is 10.1. The fraction of sp³-hybridized carbons (Fsp3) is 0.217. The van der Waals surface area contributed by atoms with Gasteiger partial charge in [0.2, 0.25) is 0 Å². The van der Waals surface area contributed by atoms with E-state index in [-0.39, 0.29) is 5.69 Å². The molecule has 6 nitrogen and oxygen atoms in total. The minimum absolute atomic E-state index is 0.229. The van der Waals surface area contributed by atoms with E-state index in [0.29, 0.717) is 29.0 Å². The molecule has 0 saturated heterocycles. The van der Waals surface area contributed by atoms with Crippen LogP contribution in [0.4, 0.5) is 0 Å². The molecule has 0 bridgehead atoms. The lowest BCUT2D eigenvalue weighted by Crippen LogP contribution is -2.28. The van der Waals surface area contributed by atoms with E-state index in [1.165, 1.54) is 10.1 Å². The first-order chi connectivity index (χ1) is 15.0. The molecule has 5 aromatic rings. The monoisotopic (exact) mass is 449 g/mol. The zero-order valence-corrected chi connectivity index (χ0v) is 18.7. The molecular formula is C23H20ClN5OS. The largest absolute Gasteiger partial charge is 0.352 e. The van der Waals surface area contributed by atoms with Crippen LogP contribution in [0.25, 0.3) is 27.3 Å². The number of fused-ring (bicyclic) bond motifs is 3. The second kappa shape index (κ2) is 7.90. The zero-order valence-electron chi connectivity index (χ0n) is 17.1. The molecule has 0 aliphatic rings. The first-order valence-corrected chi connectivity index (χ1v) is 11.3. The van der Waals surface area contributed by atoms with Gasteiger partial charge in [0, 0.05) is 23.0 Å². The molecular weight excluding hydrogens is 430 g/mol. The van der Waals surface area contributed by atoms with Crippen LogP contribution in [-0.2, 0) is 13.0 Å². The van der Waals surface area contributed by atoms with Crippen molar-refractivity contribution in [2.45, 2.75) is 26.8 Å². The van der Waals surface area contributed by atoms with E-state index in [1.807, 2.05) is 36.4 Å². The normalized spacial score (nSPS) is 11.7. The number of pyridine rings is 1. The highest BCUT2D eigenvalue weighted by atomic mass is 35.5. The number of hydrogen-bond acceptors (Lipinski definition) is 5. The second-order valence-electron chi connectivity index (χ2n) is 7.91. The van der Waals surface area contributed by atoms with Gasteiger partial charge in [0.05, 0.1) is 11.9 Å². The zero-order chi connectivity index (χ0) is 21.5. The van der Waals surface area contributed by atoms with Gasteiger partial charge in [0.25, 0.3) is 0 Å². The number of aromatic nitrogens is 5. The van der Waals surface area contributed by atoms with Crippen molar-refractivity contribution in [2.24, 2.45) is 5.92 Å². The van der Waals surface area contributed by atoms with Crippen LogP contribution in [0.5, 0.6) is 0 Å². The first kappa shape index (κ1) is 19.9. The minimum atomic E-state index is -0.229. The molecule has 0 aliphatic carbocycles. The highest BCUT2D eigenvalue weighted by Gasteiger charge is 2.21. The van der Waals surface area contributed by atoms with Crippen molar-refractivity contribution >= 4 is 38.8 Å². The maximum Gasteiger partial charge on any atom is 0.352 e. The summed E-state index contributed by atoms with van der Waals surface area (Å²) in [5.74, 6) is 0.988. The number of halogens is 1. The molecule has 0 atom stereocenters. The van der Waals surface area contributed by atoms with Crippen LogP contribution in [0.15, 0.2) is 59.0 Å². The molecule has 156 valence electrons. The van der Waals surface area contributed by atoms with Gasteiger partial charge in [-0.1, -0.05) is 43.6 Å². The van der Waals surface area contributed by atoms with Crippen LogP contribution in [0.3, 0.4) is 0 Å². The Bertz CT molecular complexity index is 1450. The van der Waals surface area contributed by atoms with Crippen LogP contribution in [0.1, 0.15) is 25.0 Å². The fourth-order valence-corrected chi connectivity index (χ4v) is 5.05. The molecule has 0 radical (unpaired) electrons. The van der Waals surface area contributed by atoms with E-state index in [9.17, 15) is 4.79 Å². The Kier molecular flexibility index (Phi) is 5.08. The highest BCUT2D eigenvalue weighted by Crippen LogP contribution is 2.31. The molecule has 0 unspecified atom stereocenters. The lowest BCUT2D eigenvalue weighted by Gasteiger charge is -2.11. The third kappa shape index (κ3) is 3.54. The van der Waals surface area contributed by atoms with Gasteiger partial charge >= 0.3 is 5.69 Å². The molecule has 8 heteroatoms. The Balaban J connectivity index is 1.80. The van der Waals surface area contributed by atoms with Gasteiger partial charge in [-0.2, -0.15) is 4.52 Å². The van der Waals surface area contributed by atoms with Crippen molar-refractivity contribution in [3.63, 3.8) is 0 Å². The standard InChI is InChI=1S/C23H20ClN5OS/c1-14(2)11-17-13-31-22-19(17)21-26-20(15-7-9-25-10-8-15)27-29(21)23(30)28(22)12-16-5-3-4-6-18(16)24/h3-10,13-14H,11-12H2,1-2H3. The average molecular weight is 450 g/mol. The summed E-state index contributed by atoms with van der Waals surface area (Å²) in [6.45, 7) is 4.75. The van der Waals surface area contributed by atoms with E-state index >= 15 is 0 Å². The number of nitrogens with zero attached hydrogens (tertiary/aromatic N) is 5. The van der Waals surface area contributed by atoms with Crippen LogP contribution in [-0.4, -0.2) is 24.1 Å². The summed E-state index contributed by atoms with van der Waals surface area (Å²) >= 11 is 7.97. The van der Waals surface area contributed by atoms with Gasteiger partial charge in [-0.15, -0.1) is 16.4 Å². The SMILES string of the molecule is CC(C)Cc1csc2c1c1nc(-c3ccncc3)nn1c(=O)n2Cc1ccccc1Cl. The summed E-state index contributed by atoms with van der Waals surface area (Å²) in [4.78, 5) is 23.2. The lowest BCUT2D eigenvalue weighted by atomic mass is 10.0. The third-order valence-electron chi connectivity index (χ3n) is 5.19. The molecule has 31 heavy (non-hydrogen) atoms. The molecule has 4 aromatic heterocycles. The number of rotatable bonds is 5. The van der Waals surface area contributed by atoms with Crippen molar-refractivity contribution in [1.82, 2.24) is 24.1 Å². The minimum Gasteiger partial charge on any atom is -0.278 e. The summed E-state index contributed by atoms with van der Waals surface area (Å²) in [6.07, 6.45) is 4.29. The van der Waals surface area contributed by atoms with E-state index in [1.54, 1.807) is 28.3 Å². The Morgan fingerprint density at radius 2 is 1.87 bits per heavy atom. The van der Waals surface area contributed by atoms with Gasteiger partial charge in [-0.05, 0) is 47.0 Å². The Morgan fingerprint density at radius 3 is 2.61 bits per heavy atom. The van der Waals surface area contributed by atoms with Gasteiger partial charge in [0.15, 0.2) is 11.5 Å². The molecule has 0 saturated carbocycles. The summed E-state index contributed by atoms with van der Waals surface area (Å²) in [5.41, 5.74) is 3.26. The van der Waals surface area contributed by atoms with Crippen molar-refractivity contribution in [2.75, 3.05) is 0 Å². The predicted octanol–water partition coefficient (Wildman–Crippen LogP) is 5.07. The van der Waals surface area contributed by atoms with Crippen molar-refractivity contribution in [3.05, 3.63) is 80.8 Å². The van der Waals surface area contributed by atoms with Gasteiger partial charge in [-0.3, -0.25) is 9.55 Å². The Labute approximate surface area is 187 Å². The lowest BCUT2D eigenvalue weighted by molar-refractivity contribution is 0.650. The average Bonchev–Trinajstić information content (AvgIpc) is 3.37. The second-order valence-corrected chi connectivity index (χ2v) is 9.17. The number of thiophene rings is 1. The van der Waals surface area contributed by atoms with Crippen LogP contribution >= 0.6 is 22.9 Å². The molecule has 4 heterocycles. The third-order valence-corrected chi connectivity index (χ3v) is 6.61. The predicted molar refractivity (Wildman–Crippen MR) is 125 cm³/mol. The molecule has 0 amide bonds. The van der Waals surface area contributed by atoms with Gasteiger partial charge in [-0.25, -0.2) is 9.78 Å². The van der Waals surface area contributed by atoms with E-state index in [0.717, 1.165) is 27.8 Å². The topological polar surface area (TPSA) is 65.1 Å². The van der Waals surface area contributed by atoms with Crippen LogP contribution < -0.4 is 5.69 Å². The van der Waals surface area contributed by atoms with Crippen LogP contribution in [0.2, 0.25) is 5.02 Å². The molecule has 1 aromatic carbocycles. The van der Waals surface area contributed by atoms with Gasteiger partial charge in [0.1, 0.15) is 4.83 Å². The number of hydrogen-bond donors (Lipinski definition) is 0. The molecule has 0 N–H and O–H groups in total. The maximum atomic E-state index is 13.5. The van der Waals surface area contributed by atoms with E-state index in [2.05, 4.69) is 29.3 Å². The summed E-state index contributed by atoms with van der Waals surface area (Å²) in [6, 6.07) is 11.3. The highest BCUT2D eigenvalue weighted by molar-refractivity contribution is 7.17. The molecule has 0 fully saturated rings. The van der Waals surface area contributed by atoms with Crippen molar-refractivity contribution < 1.29 is 0 Å². The van der Waals surface area contributed by atoms with E-state index in [4.69, 9.17) is 16.6 Å². The Morgan fingerprint density at radius 1 is 1.10 bits per heavy atom. The smallest absolute Gasteiger partial charge is 0.278 e.